The van der Waals surface area contributed by atoms with Gasteiger partial charge in [0.25, 0.3) is 5.91 Å². The largest absolute Gasteiger partial charge is 0.466 e. The molecule has 2 N–H and O–H groups in total. The van der Waals surface area contributed by atoms with Gasteiger partial charge in [-0.15, -0.1) is 5.10 Å². The highest BCUT2D eigenvalue weighted by Crippen LogP contribution is 2.23. The Morgan fingerprint density at radius 2 is 2.00 bits per heavy atom. The van der Waals surface area contributed by atoms with E-state index in [1.807, 2.05) is 0 Å². The number of esters is 1. The van der Waals surface area contributed by atoms with Crippen molar-refractivity contribution in [1.29, 1.82) is 0 Å². The number of carbonyl (C=O) groups is 2. The third-order valence-electron chi connectivity index (χ3n) is 2.92. The maximum absolute atomic E-state index is 11.6. The summed E-state index contributed by atoms with van der Waals surface area (Å²) in [5, 5.41) is 10.3. The summed E-state index contributed by atoms with van der Waals surface area (Å²) >= 11 is 0.955. The first-order valence-electron chi connectivity index (χ1n) is 6.79. The molecule has 11 heteroatoms. The van der Waals surface area contributed by atoms with Crippen molar-refractivity contribution in [2.45, 2.75) is 4.90 Å². The van der Waals surface area contributed by atoms with Gasteiger partial charge in [-0.05, 0) is 36.5 Å². The van der Waals surface area contributed by atoms with Crippen LogP contribution in [0.4, 0.5) is 0 Å². The predicted octanol–water partition coefficient (Wildman–Crippen LogP) is 0.204. The van der Waals surface area contributed by atoms with Crippen molar-refractivity contribution >= 4 is 45.0 Å². The molecule has 0 radical (unpaired) electrons. The van der Waals surface area contributed by atoms with Crippen molar-refractivity contribution in [3.05, 3.63) is 40.8 Å². The van der Waals surface area contributed by atoms with Gasteiger partial charge in [0, 0.05) is 6.08 Å². The fourth-order valence-electron chi connectivity index (χ4n) is 1.64. The van der Waals surface area contributed by atoms with E-state index >= 15 is 0 Å². The van der Waals surface area contributed by atoms with E-state index in [9.17, 15) is 18.0 Å². The van der Waals surface area contributed by atoms with E-state index in [0.29, 0.717) is 5.56 Å². The zero-order chi connectivity index (χ0) is 18.4. The lowest BCUT2D eigenvalue weighted by molar-refractivity contribution is -0.135. The van der Waals surface area contributed by atoms with E-state index < -0.39 is 21.9 Å². The molecule has 1 aromatic rings. The molecule has 0 atom stereocenters. The molecule has 1 heterocycles. The van der Waals surface area contributed by atoms with Gasteiger partial charge in [0.05, 0.1) is 23.1 Å². The van der Waals surface area contributed by atoms with Crippen LogP contribution in [-0.2, 0) is 24.3 Å². The minimum Gasteiger partial charge on any atom is -0.466 e. The topological polar surface area (TPSA) is 126 Å². The fraction of sp³-hybridized carbons (Fsp3) is 0.143. The number of thioether (sulfide) groups is 1. The van der Waals surface area contributed by atoms with Crippen LogP contribution in [-0.4, -0.2) is 45.8 Å². The van der Waals surface area contributed by atoms with Crippen LogP contribution in [0.3, 0.4) is 0 Å². The Morgan fingerprint density at radius 1 is 1.32 bits per heavy atom. The van der Waals surface area contributed by atoms with Gasteiger partial charge in [0.15, 0.2) is 5.17 Å². The molecule has 0 unspecified atom stereocenters. The number of ether oxygens (including phenoxy) is 1. The SMILES string of the molecule is CNS(=O)(=O)c1ccc(C=N/N=C2/NC(=O)/C(=C\C(=O)OC)S2)cc1. The van der Waals surface area contributed by atoms with E-state index in [4.69, 9.17) is 0 Å². The number of nitrogens with zero attached hydrogens (tertiary/aromatic N) is 2. The summed E-state index contributed by atoms with van der Waals surface area (Å²) in [6.07, 6.45) is 2.46. The molecule has 0 saturated carbocycles. The van der Waals surface area contributed by atoms with Crippen LogP contribution in [0.5, 0.6) is 0 Å². The Morgan fingerprint density at radius 3 is 2.60 bits per heavy atom. The molecular weight excluding hydrogens is 368 g/mol. The molecule has 1 amide bonds. The Labute approximate surface area is 148 Å². The summed E-state index contributed by atoms with van der Waals surface area (Å²) in [6, 6.07) is 6.00. The number of carbonyl (C=O) groups excluding carboxylic acids is 2. The highest BCUT2D eigenvalue weighted by Gasteiger charge is 2.24. The molecular formula is C14H14N4O5S2. The second kappa shape index (κ2) is 8.05. The maximum atomic E-state index is 11.6. The van der Waals surface area contributed by atoms with Crippen LogP contribution >= 0.6 is 11.8 Å². The Hall–Kier alpha value is -2.50. The lowest BCUT2D eigenvalue weighted by Crippen LogP contribution is -2.19. The molecule has 0 aliphatic carbocycles. The summed E-state index contributed by atoms with van der Waals surface area (Å²) in [7, 11) is -0.948. The van der Waals surface area contributed by atoms with Crippen molar-refractivity contribution in [3.8, 4) is 0 Å². The molecule has 0 spiro atoms. The average molecular weight is 382 g/mol. The summed E-state index contributed by atoms with van der Waals surface area (Å²) in [4.78, 5) is 23.0. The molecule has 1 aromatic carbocycles. The number of sulfonamides is 1. The van der Waals surface area contributed by atoms with Gasteiger partial charge in [-0.3, -0.25) is 10.1 Å². The van der Waals surface area contributed by atoms with E-state index in [2.05, 4.69) is 25.0 Å². The molecule has 2 rings (SSSR count). The molecule has 1 aliphatic heterocycles. The Bertz CT molecular complexity index is 873. The van der Waals surface area contributed by atoms with E-state index in [1.165, 1.54) is 32.5 Å². The highest BCUT2D eigenvalue weighted by atomic mass is 32.2. The van der Waals surface area contributed by atoms with E-state index in [-0.39, 0.29) is 15.0 Å². The second-order valence-electron chi connectivity index (χ2n) is 4.51. The average Bonchev–Trinajstić information content (AvgIpc) is 2.94. The number of rotatable bonds is 5. The standard InChI is InChI=1S/C14H14N4O5S2/c1-15-25(21,22)10-5-3-9(4-6-10)8-16-18-14-17-13(20)11(24-14)7-12(19)23-2/h3-8,15H,1-2H3,(H,17,18,20)/b11-7+,16-8?. The lowest BCUT2D eigenvalue weighted by atomic mass is 10.2. The molecule has 1 saturated heterocycles. The zero-order valence-corrected chi connectivity index (χ0v) is 14.8. The van der Waals surface area contributed by atoms with Gasteiger partial charge in [-0.1, -0.05) is 12.1 Å². The minimum absolute atomic E-state index is 0.134. The number of hydrogen-bond acceptors (Lipinski definition) is 8. The second-order valence-corrected chi connectivity index (χ2v) is 7.43. The molecule has 1 fully saturated rings. The summed E-state index contributed by atoms with van der Waals surface area (Å²) in [6.45, 7) is 0. The predicted molar refractivity (Wildman–Crippen MR) is 93.5 cm³/mol. The highest BCUT2D eigenvalue weighted by molar-refractivity contribution is 8.18. The van der Waals surface area contributed by atoms with Crippen molar-refractivity contribution < 1.29 is 22.7 Å². The first-order chi connectivity index (χ1) is 11.9. The van der Waals surface area contributed by atoms with E-state index in [0.717, 1.165) is 17.8 Å². The van der Waals surface area contributed by atoms with Crippen LogP contribution in [0, 0.1) is 0 Å². The van der Waals surface area contributed by atoms with Crippen LogP contribution < -0.4 is 10.0 Å². The Balaban J connectivity index is 2.06. The molecule has 0 bridgehead atoms. The number of amidine groups is 1. The first-order valence-corrected chi connectivity index (χ1v) is 9.09. The molecule has 9 nitrogen and oxygen atoms in total. The fourth-order valence-corrected chi connectivity index (χ4v) is 3.11. The minimum atomic E-state index is -3.49. The van der Waals surface area contributed by atoms with E-state index in [1.54, 1.807) is 12.1 Å². The molecule has 25 heavy (non-hydrogen) atoms. The normalized spacial score (nSPS) is 18.1. The zero-order valence-electron chi connectivity index (χ0n) is 13.2. The summed E-state index contributed by atoms with van der Waals surface area (Å²) in [5.74, 6) is -1.11. The van der Waals surface area contributed by atoms with Crippen LogP contribution in [0.2, 0.25) is 0 Å². The summed E-state index contributed by atoms with van der Waals surface area (Å²) in [5.41, 5.74) is 0.624. The monoisotopic (exact) mass is 382 g/mol. The van der Waals surface area contributed by atoms with Crippen LogP contribution in [0.15, 0.2) is 50.3 Å². The number of benzene rings is 1. The van der Waals surface area contributed by atoms with Crippen LogP contribution in [0.1, 0.15) is 5.56 Å². The third-order valence-corrected chi connectivity index (χ3v) is 5.25. The summed E-state index contributed by atoms with van der Waals surface area (Å²) < 4.78 is 29.9. The van der Waals surface area contributed by atoms with Gasteiger partial charge < -0.3 is 4.74 Å². The third kappa shape index (κ3) is 4.98. The van der Waals surface area contributed by atoms with Crippen molar-refractivity contribution in [1.82, 2.24) is 10.0 Å². The molecule has 0 aromatic heterocycles. The smallest absolute Gasteiger partial charge is 0.331 e. The van der Waals surface area contributed by atoms with Gasteiger partial charge in [-0.2, -0.15) is 5.10 Å². The number of amides is 1. The lowest BCUT2D eigenvalue weighted by Gasteiger charge is -2.01. The maximum Gasteiger partial charge on any atom is 0.331 e. The first kappa shape index (κ1) is 18.8. The van der Waals surface area contributed by atoms with Gasteiger partial charge in [0.2, 0.25) is 10.0 Å². The van der Waals surface area contributed by atoms with Crippen molar-refractivity contribution in [2.75, 3.05) is 14.2 Å². The molecule has 1 aliphatic rings. The quantitative estimate of drug-likeness (QED) is 0.324. The van der Waals surface area contributed by atoms with Gasteiger partial charge >= 0.3 is 5.97 Å². The van der Waals surface area contributed by atoms with Gasteiger partial charge in [0.1, 0.15) is 0 Å². The van der Waals surface area contributed by atoms with Gasteiger partial charge in [-0.25, -0.2) is 17.9 Å². The number of hydrogen-bond donors (Lipinski definition) is 2. The van der Waals surface area contributed by atoms with Crippen LogP contribution in [0.25, 0.3) is 0 Å². The van der Waals surface area contributed by atoms with Crippen molar-refractivity contribution in [3.63, 3.8) is 0 Å². The molecule has 132 valence electrons. The number of nitrogens with one attached hydrogen (secondary N) is 2. The Kier molecular flexibility index (Phi) is 6.07. The van der Waals surface area contributed by atoms with Crippen molar-refractivity contribution in [2.24, 2.45) is 10.2 Å². The number of methoxy groups -OCH3 is 1.